The minimum atomic E-state index is 0.361. The van der Waals surface area contributed by atoms with Crippen LogP contribution in [0.5, 0.6) is 0 Å². The smallest absolute Gasteiger partial charge is 0.0998 e. The molecule has 0 radical (unpaired) electrons. The molecule has 0 unspecified atom stereocenters. The number of hydrogen-bond donors (Lipinski definition) is 0. The molecule has 0 spiro atoms. The Morgan fingerprint density at radius 2 is 0.887 bits per heavy atom. The number of pyridine rings is 1. The molecule has 242 valence electrons. The quantitative estimate of drug-likeness (QED) is 0.178. The molecule has 0 fully saturated rings. The topological polar surface area (TPSA) is 137 Å². The largest absolute Gasteiger partial charge is 0.307 e. The number of nitrogens with zero attached hydrogens (tertiary/aromatic N) is 7. The molecular formula is C46H23N7. The van der Waals surface area contributed by atoms with Crippen LogP contribution >= 0.6 is 0 Å². The first-order valence-corrected chi connectivity index (χ1v) is 16.6. The lowest BCUT2D eigenvalue weighted by Gasteiger charge is -2.20. The maximum atomic E-state index is 10.5. The average molecular weight is 674 g/mol. The molecule has 0 N–H and O–H groups in total. The summed E-state index contributed by atoms with van der Waals surface area (Å²) in [7, 11) is 0. The highest BCUT2D eigenvalue weighted by Crippen LogP contribution is 2.45. The maximum absolute atomic E-state index is 10.5. The van der Waals surface area contributed by atoms with E-state index in [1.54, 1.807) is 48.8 Å². The molecule has 8 aromatic rings. The van der Waals surface area contributed by atoms with E-state index in [9.17, 15) is 26.3 Å². The molecule has 0 aliphatic rings. The monoisotopic (exact) mass is 673 g/mol. The van der Waals surface area contributed by atoms with E-state index in [4.69, 9.17) is 0 Å². The van der Waals surface area contributed by atoms with Crippen molar-refractivity contribution in [2.45, 2.75) is 0 Å². The maximum Gasteiger partial charge on any atom is 0.0998 e. The van der Waals surface area contributed by atoms with Crippen LogP contribution in [0, 0.1) is 56.7 Å². The zero-order valence-electron chi connectivity index (χ0n) is 27.9. The fraction of sp³-hybridized carbons (Fsp3) is 0. The van der Waals surface area contributed by atoms with Gasteiger partial charge in [0.1, 0.15) is 0 Å². The van der Waals surface area contributed by atoms with Gasteiger partial charge in [0, 0.05) is 45.4 Å². The fourth-order valence-corrected chi connectivity index (χ4v) is 7.13. The van der Waals surface area contributed by atoms with E-state index in [-0.39, 0.29) is 0 Å². The zero-order valence-corrected chi connectivity index (χ0v) is 27.9. The third kappa shape index (κ3) is 5.49. The van der Waals surface area contributed by atoms with E-state index in [2.05, 4.69) is 39.9 Å². The number of benzene rings is 6. The van der Waals surface area contributed by atoms with Crippen LogP contribution in [-0.4, -0.2) is 9.55 Å². The Morgan fingerprint density at radius 1 is 0.396 bits per heavy atom. The first-order valence-electron chi connectivity index (χ1n) is 16.6. The summed E-state index contributed by atoms with van der Waals surface area (Å²) < 4.78 is 2.18. The van der Waals surface area contributed by atoms with Gasteiger partial charge in [-0.25, -0.2) is 0 Å². The van der Waals surface area contributed by atoms with Crippen molar-refractivity contribution in [2.24, 2.45) is 0 Å². The number of para-hydroxylation sites is 2. The summed E-state index contributed by atoms with van der Waals surface area (Å²) >= 11 is 0. The lowest BCUT2D eigenvalue weighted by atomic mass is 9.93. The van der Waals surface area contributed by atoms with Crippen molar-refractivity contribution in [2.75, 3.05) is 0 Å². The summed E-state index contributed by atoms with van der Waals surface area (Å²) in [5.41, 5.74) is 10.5. The fourth-order valence-electron chi connectivity index (χ4n) is 7.13. The standard InChI is InChI=1S/C46H23N7/c47-24-29-16-30(25-48)19-35(18-29)38-8-4-10-40-41-11-5-9-39(36-20-31(26-49)17-32(21-36)27-50)46(41)53(45(38)40)44-23-42(34-12-14-52-15-13-34)37(28-51)22-43(44)33-6-2-1-3-7-33/h1-23H. The third-order valence-corrected chi connectivity index (χ3v) is 9.39. The molecule has 7 nitrogen and oxygen atoms in total. The molecule has 0 saturated carbocycles. The zero-order chi connectivity index (χ0) is 36.5. The van der Waals surface area contributed by atoms with Gasteiger partial charge in [0.15, 0.2) is 0 Å². The van der Waals surface area contributed by atoms with Crippen molar-refractivity contribution >= 4 is 21.8 Å². The molecule has 0 atom stereocenters. The molecule has 8 rings (SSSR count). The lowest BCUT2D eigenvalue weighted by molar-refractivity contribution is 1.18. The molecule has 2 aromatic heterocycles. The van der Waals surface area contributed by atoms with Crippen molar-refractivity contribution in [1.29, 1.82) is 26.3 Å². The van der Waals surface area contributed by atoms with Crippen LogP contribution in [0.15, 0.2) is 140 Å². The number of nitriles is 5. The lowest BCUT2D eigenvalue weighted by Crippen LogP contribution is -2.02. The summed E-state index contributed by atoms with van der Waals surface area (Å²) in [6.45, 7) is 0. The van der Waals surface area contributed by atoms with Gasteiger partial charge in [-0.2, -0.15) is 26.3 Å². The number of aromatic nitrogens is 2. The van der Waals surface area contributed by atoms with Crippen LogP contribution in [-0.2, 0) is 0 Å². The molecular weight excluding hydrogens is 651 g/mol. The van der Waals surface area contributed by atoms with Crippen LogP contribution < -0.4 is 0 Å². The van der Waals surface area contributed by atoms with E-state index in [1.165, 1.54) is 0 Å². The van der Waals surface area contributed by atoms with Crippen LogP contribution in [0.25, 0.3) is 72.0 Å². The van der Waals surface area contributed by atoms with E-state index >= 15 is 0 Å². The highest BCUT2D eigenvalue weighted by Gasteiger charge is 2.24. The number of hydrogen-bond acceptors (Lipinski definition) is 6. The van der Waals surface area contributed by atoms with Crippen molar-refractivity contribution in [3.05, 3.63) is 168 Å². The minimum absolute atomic E-state index is 0.361. The molecule has 0 saturated heterocycles. The van der Waals surface area contributed by atoms with Crippen molar-refractivity contribution in [3.63, 3.8) is 0 Å². The summed E-state index contributed by atoms with van der Waals surface area (Å²) in [4.78, 5) is 4.21. The molecule has 53 heavy (non-hydrogen) atoms. The van der Waals surface area contributed by atoms with Gasteiger partial charge in [-0.1, -0.05) is 66.7 Å². The second kappa shape index (κ2) is 13.2. The van der Waals surface area contributed by atoms with Crippen molar-refractivity contribution < 1.29 is 0 Å². The van der Waals surface area contributed by atoms with Gasteiger partial charge in [0.2, 0.25) is 0 Å². The van der Waals surface area contributed by atoms with Gasteiger partial charge in [0.05, 0.1) is 74.9 Å². The molecule has 6 aromatic carbocycles. The molecule has 0 bridgehead atoms. The molecule has 2 heterocycles. The Balaban J connectivity index is 1.62. The average Bonchev–Trinajstić information content (AvgIpc) is 3.58. The van der Waals surface area contributed by atoms with E-state index in [0.29, 0.717) is 44.5 Å². The van der Waals surface area contributed by atoms with E-state index in [1.807, 2.05) is 91.0 Å². The Hall–Kier alpha value is -8.28. The number of rotatable bonds is 5. The van der Waals surface area contributed by atoms with E-state index in [0.717, 1.165) is 55.3 Å². The molecule has 7 heteroatoms. The van der Waals surface area contributed by atoms with Crippen LogP contribution in [0.4, 0.5) is 0 Å². The Bertz CT molecular complexity index is 2800. The SMILES string of the molecule is N#Cc1cc(C#N)cc(-c2cccc3c4cccc(-c5cc(C#N)cc(C#N)c5)c4n(-c4cc(-c5ccncc5)c(C#N)cc4-c4ccccc4)c23)c1. The summed E-state index contributed by atoms with van der Waals surface area (Å²) in [5, 5.41) is 52.1. The van der Waals surface area contributed by atoms with Gasteiger partial charge >= 0.3 is 0 Å². The van der Waals surface area contributed by atoms with Gasteiger partial charge in [-0.15, -0.1) is 0 Å². The Morgan fingerprint density at radius 3 is 1.36 bits per heavy atom. The highest BCUT2D eigenvalue weighted by atomic mass is 15.0. The second-order valence-corrected chi connectivity index (χ2v) is 12.4. The number of fused-ring (bicyclic) bond motifs is 3. The van der Waals surface area contributed by atoms with Crippen LogP contribution in [0.1, 0.15) is 27.8 Å². The predicted octanol–water partition coefficient (Wildman–Crippen LogP) is 10.2. The van der Waals surface area contributed by atoms with E-state index < -0.39 is 0 Å². The first-order chi connectivity index (χ1) is 26.0. The molecule has 0 aliphatic carbocycles. The third-order valence-electron chi connectivity index (χ3n) is 9.39. The molecule has 0 aliphatic heterocycles. The Kier molecular flexibility index (Phi) is 7.96. The predicted molar refractivity (Wildman–Crippen MR) is 204 cm³/mol. The van der Waals surface area contributed by atoms with Gasteiger partial charge in [-0.05, 0) is 82.9 Å². The van der Waals surface area contributed by atoms with Crippen molar-refractivity contribution in [3.8, 4) is 80.5 Å². The summed E-state index contributed by atoms with van der Waals surface area (Å²) in [6, 6.07) is 51.1. The first kappa shape index (κ1) is 32.0. The normalized spacial score (nSPS) is 10.5. The molecule has 0 amide bonds. The van der Waals surface area contributed by atoms with Crippen molar-refractivity contribution in [1.82, 2.24) is 9.55 Å². The Labute approximate surface area is 305 Å². The van der Waals surface area contributed by atoms with Crippen LogP contribution in [0.3, 0.4) is 0 Å². The van der Waals surface area contributed by atoms with Crippen LogP contribution in [0.2, 0.25) is 0 Å². The van der Waals surface area contributed by atoms with Gasteiger partial charge in [0.25, 0.3) is 0 Å². The van der Waals surface area contributed by atoms with Gasteiger partial charge in [-0.3, -0.25) is 4.98 Å². The minimum Gasteiger partial charge on any atom is -0.307 e. The van der Waals surface area contributed by atoms with Gasteiger partial charge < -0.3 is 4.57 Å². The second-order valence-electron chi connectivity index (χ2n) is 12.4. The summed E-state index contributed by atoms with van der Waals surface area (Å²) in [5.74, 6) is 0. The highest BCUT2D eigenvalue weighted by molar-refractivity contribution is 6.17. The summed E-state index contributed by atoms with van der Waals surface area (Å²) in [6.07, 6.45) is 3.39.